The molecule has 0 amide bonds. The summed E-state index contributed by atoms with van der Waals surface area (Å²) in [5.41, 5.74) is 0.220. The quantitative estimate of drug-likeness (QED) is 0.696. The maximum absolute atomic E-state index is 5.97. The molecule has 0 aromatic rings. The summed E-state index contributed by atoms with van der Waals surface area (Å²) in [6, 6.07) is 0.609. The average Bonchev–Trinajstić information content (AvgIpc) is 2.17. The van der Waals surface area contributed by atoms with E-state index in [2.05, 4.69) is 26.1 Å². The van der Waals surface area contributed by atoms with Gasteiger partial charge in [-0.2, -0.15) is 0 Å². The third-order valence-electron chi connectivity index (χ3n) is 3.98. The van der Waals surface area contributed by atoms with E-state index in [1.54, 1.807) is 0 Å². The van der Waals surface area contributed by atoms with Crippen molar-refractivity contribution in [2.75, 3.05) is 6.61 Å². The minimum atomic E-state index is 0.220. The van der Waals surface area contributed by atoms with Crippen LogP contribution in [-0.4, -0.2) is 24.3 Å². The summed E-state index contributed by atoms with van der Waals surface area (Å²) in [4.78, 5) is 0. The second-order valence-electron chi connectivity index (χ2n) is 5.43. The summed E-state index contributed by atoms with van der Waals surface area (Å²) >= 11 is 0. The molecule has 4 unspecified atom stereocenters. The van der Waals surface area contributed by atoms with E-state index in [9.17, 15) is 0 Å². The van der Waals surface area contributed by atoms with Gasteiger partial charge in [-0.25, -0.2) is 0 Å². The first-order valence-corrected chi connectivity index (χ1v) is 6.02. The summed E-state index contributed by atoms with van der Waals surface area (Å²) in [5, 5.41) is 3.79. The highest BCUT2D eigenvalue weighted by molar-refractivity contribution is 4.96. The Morgan fingerprint density at radius 1 is 1.43 bits per heavy atom. The van der Waals surface area contributed by atoms with Crippen molar-refractivity contribution in [2.24, 2.45) is 5.92 Å². The Morgan fingerprint density at radius 3 is 2.93 bits per heavy atom. The SMILES string of the molecule is CCC1(C)COC2CCC(C)CC2N1. The Bertz CT molecular complexity index is 206. The Kier molecular flexibility index (Phi) is 2.85. The minimum absolute atomic E-state index is 0.220. The van der Waals surface area contributed by atoms with Crippen LogP contribution in [0.1, 0.15) is 46.5 Å². The number of nitrogens with one attached hydrogen (secondary N) is 1. The van der Waals surface area contributed by atoms with E-state index >= 15 is 0 Å². The lowest BCUT2D eigenvalue weighted by Gasteiger charge is -2.47. The molecule has 1 saturated heterocycles. The van der Waals surface area contributed by atoms with Crippen molar-refractivity contribution >= 4 is 0 Å². The first-order chi connectivity index (χ1) is 6.63. The molecule has 0 aromatic heterocycles. The van der Waals surface area contributed by atoms with Gasteiger partial charge in [0.25, 0.3) is 0 Å². The predicted octanol–water partition coefficient (Wildman–Crippen LogP) is 2.33. The molecule has 0 aromatic carbocycles. The summed E-state index contributed by atoms with van der Waals surface area (Å²) in [6.45, 7) is 7.76. The number of ether oxygens (including phenoxy) is 1. The Hall–Kier alpha value is -0.0800. The van der Waals surface area contributed by atoms with Gasteiger partial charge >= 0.3 is 0 Å². The van der Waals surface area contributed by atoms with Gasteiger partial charge in [-0.1, -0.05) is 13.8 Å². The zero-order valence-corrected chi connectivity index (χ0v) is 9.68. The highest BCUT2D eigenvalue weighted by Crippen LogP contribution is 2.31. The fourth-order valence-electron chi connectivity index (χ4n) is 2.69. The molecule has 1 N–H and O–H groups in total. The van der Waals surface area contributed by atoms with Crippen LogP contribution < -0.4 is 5.32 Å². The third-order valence-corrected chi connectivity index (χ3v) is 3.98. The molecule has 2 fully saturated rings. The Balaban J connectivity index is 1.99. The van der Waals surface area contributed by atoms with Gasteiger partial charge in [0.05, 0.1) is 12.7 Å². The molecule has 1 aliphatic carbocycles. The number of rotatable bonds is 1. The molecule has 0 bridgehead atoms. The molecule has 2 heteroatoms. The molecule has 2 rings (SSSR count). The lowest BCUT2D eigenvalue weighted by Crippen LogP contribution is -2.62. The van der Waals surface area contributed by atoms with Crippen LogP contribution in [0.3, 0.4) is 0 Å². The zero-order chi connectivity index (χ0) is 10.2. The van der Waals surface area contributed by atoms with E-state index in [4.69, 9.17) is 4.74 Å². The fourth-order valence-corrected chi connectivity index (χ4v) is 2.69. The summed E-state index contributed by atoms with van der Waals surface area (Å²) in [7, 11) is 0. The first-order valence-electron chi connectivity index (χ1n) is 6.02. The summed E-state index contributed by atoms with van der Waals surface area (Å²) < 4.78 is 5.97. The van der Waals surface area contributed by atoms with Crippen LogP contribution in [0.25, 0.3) is 0 Å². The maximum Gasteiger partial charge on any atom is 0.0729 e. The molecule has 2 nitrogen and oxygen atoms in total. The second kappa shape index (κ2) is 3.82. The van der Waals surface area contributed by atoms with Gasteiger partial charge in [0.2, 0.25) is 0 Å². The maximum atomic E-state index is 5.97. The van der Waals surface area contributed by atoms with Crippen LogP contribution >= 0.6 is 0 Å². The topological polar surface area (TPSA) is 21.3 Å². The van der Waals surface area contributed by atoms with Crippen molar-refractivity contribution in [1.29, 1.82) is 0 Å². The highest BCUT2D eigenvalue weighted by Gasteiger charge is 2.39. The largest absolute Gasteiger partial charge is 0.375 e. The standard InChI is InChI=1S/C12H23NO/c1-4-12(3)8-14-11-6-5-9(2)7-10(11)13-12/h9-11,13H,4-8H2,1-3H3. The van der Waals surface area contributed by atoms with Gasteiger partial charge in [-0.15, -0.1) is 0 Å². The minimum Gasteiger partial charge on any atom is -0.375 e. The average molecular weight is 197 g/mol. The fraction of sp³-hybridized carbons (Fsp3) is 1.00. The molecule has 0 radical (unpaired) electrons. The van der Waals surface area contributed by atoms with Crippen LogP contribution in [0.4, 0.5) is 0 Å². The van der Waals surface area contributed by atoms with Gasteiger partial charge in [0.1, 0.15) is 0 Å². The van der Waals surface area contributed by atoms with Crippen molar-refractivity contribution in [3.8, 4) is 0 Å². The molecule has 2 aliphatic rings. The number of morpholine rings is 1. The summed E-state index contributed by atoms with van der Waals surface area (Å²) in [6.07, 6.45) is 5.53. The van der Waals surface area contributed by atoms with Crippen molar-refractivity contribution in [3.63, 3.8) is 0 Å². The van der Waals surface area contributed by atoms with E-state index < -0.39 is 0 Å². The molecule has 0 spiro atoms. The smallest absolute Gasteiger partial charge is 0.0729 e. The van der Waals surface area contributed by atoms with Crippen molar-refractivity contribution in [2.45, 2.75) is 64.1 Å². The molecular weight excluding hydrogens is 174 g/mol. The van der Waals surface area contributed by atoms with E-state index in [0.717, 1.165) is 18.9 Å². The lowest BCUT2D eigenvalue weighted by molar-refractivity contribution is -0.0805. The van der Waals surface area contributed by atoms with E-state index in [0.29, 0.717) is 12.1 Å². The third kappa shape index (κ3) is 1.96. The molecule has 4 atom stereocenters. The van der Waals surface area contributed by atoms with Gasteiger partial charge in [0.15, 0.2) is 0 Å². The van der Waals surface area contributed by atoms with Crippen molar-refractivity contribution < 1.29 is 4.74 Å². The predicted molar refractivity (Wildman–Crippen MR) is 58.4 cm³/mol. The van der Waals surface area contributed by atoms with Gasteiger partial charge in [-0.05, 0) is 38.5 Å². The van der Waals surface area contributed by atoms with Gasteiger partial charge in [-0.3, -0.25) is 0 Å². The van der Waals surface area contributed by atoms with E-state index in [-0.39, 0.29) is 5.54 Å². The molecule has 1 aliphatic heterocycles. The van der Waals surface area contributed by atoms with Crippen LogP contribution in [0.2, 0.25) is 0 Å². The zero-order valence-electron chi connectivity index (χ0n) is 9.68. The number of fused-ring (bicyclic) bond motifs is 1. The monoisotopic (exact) mass is 197 g/mol. The van der Waals surface area contributed by atoms with Crippen LogP contribution in [-0.2, 0) is 4.74 Å². The molecular formula is C12H23NO. The Morgan fingerprint density at radius 2 is 2.21 bits per heavy atom. The number of hydrogen-bond donors (Lipinski definition) is 1. The summed E-state index contributed by atoms with van der Waals surface area (Å²) in [5.74, 6) is 0.867. The molecule has 1 heterocycles. The van der Waals surface area contributed by atoms with Crippen LogP contribution in [0.5, 0.6) is 0 Å². The van der Waals surface area contributed by atoms with Gasteiger partial charge in [0, 0.05) is 11.6 Å². The van der Waals surface area contributed by atoms with E-state index in [1.165, 1.54) is 19.3 Å². The normalized spacial score (nSPS) is 48.6. The second-order valence-corrected chi connectivity index (χ2v) is 5.43. The van der Waals surface area contributed by atoms with Crippen molar-refractivity contribution in [3.05, 3.63) is 0 Å². The highest BCUT2D eigenvalue weighted by atomic mass is 16.5. The van der Waals surface area contributed by atoms with Crippen molar-refractivity contribution in [1.82, 2.24) is 5.32 Å². The van der Waals surface area contributed by atoms with E-state index in [1.807, 2.05) is 0 Å². The lowest BCUT2D eigenvalue weighted by atomic mass is 9.81. The number of hydrogen-bond acceptors (Lipinski definition) is 2. The molecule has 1 saturated carbocycles. The van der Waals surface area contributed by atoms with Crippen LogP contribution in [0.15, 0.2) is 0 Å². The molecule has 14 heavy (non-hydrogen) atoms. The van der Waals surface area contributed by atoms with Gasteiger partial charge < -0.3 is 10.1 Å². The Labute approximate surface area is 87.4 Å². The van der Waals surface area contributed by atoms with Crippen LogP contribution in [0, 0.1) is 5.92 Å². The first kappa shape index (κ1) is 10.4. The molecule has 82 valence electrons.